The number of halogens is 2. The van der Waals surface area contributed by atoms with Gasteiger partial charge in [-0.1, -0.05) is 29.3 Å². The molecule has 2 heterocycles. The lowest BCUT2D eigenvalue weighted by molar-refractivity contribution is -0.384. The van der Waals surface area contributed by atoms with Gasteiger partial charge in [-0.15, -0.1) is 0 Å². The first kappa shape index (κ1) is 28.1. The van der Waals surface area contributed by atoms with Crippen LogP contribution < -0.4 is 15.1 Å². The Hall–Kier alpha value is -3.41. The summed E-state index contributed by atoms with van der Waals surface area (Å²) < 4.78 is 18.0. The van der Waals surface area contributed by atoms with Gasteiger partial charge >= 0.3 is 0 Å². The van der Waals surface area contributed by atoms with Crippen LogP contribution in [-0.2, 0) is 15.3 Å². The van der Waals surface area contributed by atoms with E-state index in [4.69, 9.17) is 37.4 Å². The molecule has 2 saturated heterocycles. The number of carbonyl (C=O) groups excluding carboxylic acids is 1. The van der Waals surface area contributed by atoms with Gasteiger partial charge in [0.25, 0.3) is 11.6 Å². The quantitative estimate of drug-likeness (QED) is 0.289. The Kier molecular flexibility index (Phi) is 8.43. The van der Waals surface area contributed by atoms with Gasteiger partial charge in [0.15, 0.2) is 5.79 Å². The minimum atomic E-state index is -0.969. The van der Waals surface area contributed by atoms with Gasteiger partial charge in [-0.3, -0.25) is 20.3 Å². The van der Waals surface area contributed by atoms with E-state index in [0.29, 0.717) is 41.9 Å². The van der Waals surface area contributed by atoms with Crippen LogP contribution in [0.3, 0.4) is 0 Å². The Morgan fingerprint density at radius 3 is 2.42 bits per heavy atom. The molecule has 0 aliphatic carbocycles. The number of amides is 1. The van der Waals surface area contributed by atoms with Crippen LogP contribution >= 0.6 is 23.2 Å². The SMILES string of the molecule is C[C@]1(c2ccc(Cl)cc2Cl)OC[C@@H](COc2ccc(N3CCN(NC(=O)c4ccc([N+](=O)[O-])cc4)CC3)cc2)O1. The third-order valence-corrected chi connectivity index (χ3v) is 7.42. The van der Waals surface area contributed by atoms with Crippen molar-refractivity contribution in [3.63, 3.8) is 0 Å². The monoisotopic (exact) mass is 586 g/mol. The van der Waals surface area contributed by atoms with E-state index < -0.39 is 10.7 Å². The standard InChI is InChI=1S/C28H28Cl2N4O6/c1-28(25-11-4-20(29)16-26(25)30)39-18-24(40-28)17-38-23-9-7-21(8-10-23)32-12-14-33(15-13-32)31-27(35)19-2-5-22(6-3-19)34(36)37/h2-11,16,24H,12-15,17-18H2,1H3,(H,31,35)/t24-,28+/m1/s1. The number of nitro benzene ring substituents is 1. The number of nitrogens with zero attached hydrogens (tertiary/aromatic N) is 3. The van der Waals surface area contributed by atoms with E-state index in [0.717, 1.165) is 30.1 Å². The Labute approximate surface area is 241 Å². The van der Waals surface area contributed by atoms with Crippen LogP contribution in [0.2, 0.25) is 10.0 Å². The Morgan fingerprint density at radius 2 is 1.77 bits per heavy atom. The van der Waals surface area contributed by atoms with Crippen molar-refractivity contribution in [1.82, 2.24) is 10.4 Å². The summed E-state index contributed by atoms with van der Waals surface area (Å²) in [4.78, 5) is 25.0. The lowest BCUT2D eigenvalue weighted by Gasteiger charge is -2.36. The van der Waals surface area contributed by atoms with Gasteiger partial charge in [-0.05, 0) is 55.5 Å². The van der Waals surface area contributed by atoms with E-state index in [1.165, 1.54) is 24.3 Å². The summed E-state index contributed by atoms with van der Waals surface area (Å²) in [5.74, 6) is -0.541. The third kappa shape index (κ3) is 6.48. The summed E-state index contributed by atoms with van der Waals surface area (Å²) in [6.07, 6.45) is -0.259. The Balaban J connectivity index is 1.07. The van der Waals surface area contributed by atoms with Crippen LogP contribution in [0.1, 0.15) is 22.8 Å². The molecule has 10 nitrogen and oxygen atoms in total. The summed E-state index contributed by atoms with van der Waals surface area (Å²) in [5, 5.41) is 13.7. The number of nitro groups is 1. The molecule has 2 fully saturated rings. The number of rotatable bonds is 8. The zero-order chi connectivity index (χ0) is 28.3. The highest BCUT2D eigenvalue weighted by atomic mass is 35.5. The van der Waals surface area contributed by atoms with Crippen LogP contribution in [0, 0.1) is 10.1 Å². The zero-order valence-corrected chi connectivity index (χ0v) is 23.2. The number of non-ortho nitro benzene ring substituents is 1. The molecule has 1 N–H and O–H groups in total. The van der Waals surface area contributed by atoms with Crippen LogP contribution in [0.5, 0.6) is 5.75 Å². The van der Waals surface area contributed by atoms with E-state index in [2.05, 4.69) is 10.3 Å². The molecule has 3 aromatic carbocycles. The molecule has 2 aliphatic heterocycles. The van der Waals surface area contributed by atoms with Gasteiger partial charge in [0, 0.05) is 60.1 Å². The fraction of sp³-hybridized carbons (Fsp3) is 0.321. The molecule has 1 amide bonds. The molecule has 3 aromatic rings. The molecule has 5 rings (SSSR count). The largest absolute Gasteiger partial charge is 0.491 e. The lowest BCUT2D eigenvalue weighted by atomic mass is 10.1. The van der Waals surface area contributed by atoms with Gasteiger partial charge in [0.1, 0.15) is 18.5 Å². The van der Waals surface area contributed by atoms with Crippen LogP contribution in [0.25, 0.3) is 0 Å². The number of hydrogen-bond acceptors (Lipinski definition) is 8. The molecule has 12 heteroatoms. The van der Waals surface area contributed by atoms with Gasteiger partial charge in [0.2, 0.25) is 0 Å². The molecular weight excluding hydrogens is 559 g/mol. The maximum absolute atomic E-state index is 12.5. The molecule has 210 valence electrons. The predicted molar refractivity (Wildman–Crippen MR) is 151 cm³/mol. The zero-order valence-electron chi connectivity index (χ0n) is 21.7. The van der Waals surface area contributed by atoms with E-state index in [1.54, 1.807) is 18.2 Å². The molecule has 0 spiro atoms. The summed E-state index contributed by atoms with van der Waals surface area (Å²) in [6, 6.07) is 18.6. The second kappa shape index (κ2) is 12.0. The number of nitrogens with one attached hydrogen (secondary N) is 1. The average Bonchev–Trinajstić information content (AvgIpc) is 3.34. The normalized spacial score (nSPS) is 21.3. The summed E-state index contributed by atoms with van der Waals surface area (Å²) in [7, 11) is 0. The minimum absolute atomic E-state index is 0.0509. The van der Waals surface area contributed by atoms with Gasteiger partial charge in [-0.2, -0.15) is 0 Å². The molecular formula is C28H28Cl2N4O6. The van der Waals surface area contributed by atoms with Gasteiger partial charge < -0.3 is 19.1 Å². The molecule has 2 atom stereocenters. The fourth-order valence-electron chi connectivity index (χ4n) is 4.68. The van der Waals surface area contributed by atoms with Crippen molar-refractivity contribution in [3.05, 3.63) is 98.0 Å². The van der Waals surface area contributed by atoms with Gasteiger partial charge in [-0.25, -0.2) is 5.01 Å². The number of ether oxygens (including phenoxy) is 3. The van der Waals surface area contributed by atoms with Crippen molar-refractivity contribution in [2.45, 2.75) is 18.8 Å². The Bertz CT molecular complexity index is 1370. The van der Waals surface area contributed by atoms with Crippen molar-refractivity contribution in [2.75, 3.05) is 44.3 Å². The summed E-state index contributed by atoms with van der Waals surface area (Å²) in [6.45, 7) is 5.24. The molecule has 0 radical (unpaired) electrons. The van der Waals surface area contributed by atoms with Crippen molar-refractivity contribution in [2.24, 2.45) is 0 Å². The van der Waals surface area contributed by atoms with Crippen molar-refractivity contribution < 1.29 is 23.9 Å². The minimum Gasteiger partial charge on any atom is -0.491 e. The van der Waals surface area contributed by atoms with Crippen molar-refractivity contribution >= 4 is 40.5 Å². The lowest BCUT2D eigenvalue weighted by Crippen LogP contribution is -2.53. The first-order valence-electron chi connectivity index (χ1n) is 12.8. The van der Waals surface area contributed by atoms with Crippen molar-refractivity contribution in [3.8, 4) is 5.75 Å². The van der Waals surface area contributed by atoms with Crippen LogP contribution in [0.4, 0.5) is 11.4 Å². The maximum atomic E-state index is 12.5. The summed E-state index contributed by atoms with van der Waals surface area (Å²) >= 11 is 12.4. The molecule has 0 unspecified atom stereocenters. The van der Waals surface area contributed by atoms with Crippen LogP contribution in [-0.4, -0.2) is 61.3 Å². The number of anilines is 1. The fourth-order valence-corrected chi connectivity index (χ4v) is 5.26. The second-order valence-electron chi connectivity index (χ2n) is 9.64. The second-order valence-corrected chi connectivity index (χ2v) is 10.5. The highest BCUT2D eigenvalue weighted by Crippen LogP contribution is 2.38. The Morgan fingerprint density at radius 1 is 1.07 bits per heavy atom. The molecule has 40 heavy (non-hydrogen) atoms. The third-order valence-electron chi connectivity index (χ3n) is 6.87. The molecule has 0 aromatic heterocycles. The predicted octanol–water partition coefficient (Wildman–Crippen LogP) is 5.04. The van der Waals surface area contributed by atoms with Crippen molar-refractivity contribution in [1.29, 1.82) is 0 Å². The smallest absolute Gasteiger partial charge is 0.269 e. The van der Waals surface area contributed by atoms with E-state index in [9.17, 15) is 14.9 Å². The van der Waals surface area contributed by atoms with Gasteiger partial charge in [0.05, 0.1) is 16.6 Å². The molecule has 2 aliphatic rings. The van der Waals surface area contributed by atoms with Crippen LogP contribution in [0.15, 0.2) is 66.7 Å². The number of piperazine rings is 1. The van der Waals surface area contributed by atoms with E-state index in [1.807, 2.05) is 36.2 Å². The highest BCUT2D eigenvalue weighted by Gasteiger charge is 2.40. The number of hydrazine groups is 1. The maximum Gasteiger partial charge on any atom is 0.269 e. The topological polar surface area (TPSA) is 106 Å². The number of carbonyl (C=O) groups is 1. The van der Waals surface area contributed by atoms with E-state index >= 15 is 0 Å². The number of benzene rings is 3. The van der Waals surface area contributed by atoms with E-state index in [-0.39, 0.29) is 17.7 Å². The molecule has 0 saturated carbocycles. The number of hydrogen-bond donors (Lipinski definition) is 1. The molecule has 0 bridgehead atoms. The first-order chi connectivity index (χ1) is 19.2. The summed E-state index contributed by atoms with van der Waals surface area (Å²) in [5.41, 5.74) is 4.97. The highest BCUT2D eigenvalue weighted by molar-refractivity contribution is 6.35. The average molecular weight is 587 g/mol. The first-order valence-corrected chi connectivity index (χ1v) is 13.5.